The Hall–Kier alpha value is -2.19. The predicted molar refractivity (Wildman–Crippen MR) is 120 cm³/mol. The molecule has 1 amide bonds. The summed E-state index contributed by atoms with van der Waals surface area (Å²) in [5.74, 6) is -3.52. The lowest BCUT2D eigenvalue weighted by atomic mass is 9.62. The quantitative estimate of drug-likeness (QED) is 0.519. The van der Waals surface area contributed by atoms with Crippen molar-refractivity contribution < 1.29 is 24.2 Å². The standard InChI is InChI=1S/C23H23Cl2FN2O4/c1-22(2,10-29)9-16-23(13-7-6-11(24)8-15(13)27-21(23)32)17(19(28-16)20(30)31)12-4-3-5-14(25)18(12)26/h3-8,16-17,19,28-29H,9-10H2,1-2H3,(H,27,32)(H,30,31)/t16-,17-,19+,23+/m0/s1. The molecule has 2 aliphatic rings. The van der Waals surface area contributed by atoms with Crippen molar-refractivity contribution in [3.63, 3.8) is 0 Å². The minimum Gasteiger partial charge on any atom is -0.480 e. The van der Waals surface area contributed by atoms with E-state index in [0.29, 0.717) is 16.3 Å². The maximum absolute atomic E-state index is 15.3. The number of aliphatic hydroxyl groups is 1. The molecule has 6 nitrogen and oxygen atoms in total. The summed E-state index contributed by atoms with van der Waals surface area (Å²) in [4.78, 5) is 26.0. The van der Waals surface area contributed by atoms with Crippen LogP contribution in [0.1, 0.15) is 37.3 Å². The normalized spacial score (nSPS) is 26.9. The fraction of sp³-hybridized carbons (Fsp3) is 0.391. The molecule has 2 aromatic rings. The van der Waals surface area contributed by atoms with Crippen LogP contribution in [-0.4, -0.2) is 40.8 Å². The van der Waals surface area contributed by atoms with Crippen LogP contribution >= 0.6 is 23.2 Å². The summed E-state index contributed by atoms with van der Waals surface area (Å²) in [5, 5.41) is 26.1. The average molecular weight is 481 g/mol. The minimum atomic E-state index is -1.46. The van der Waals surface area contributed by atoms with Crippen LogP contribution in [0.15, 0.2) is 36.4 Å². The predicted octanol–water partition coefficient (Wildman–Crippen LogP) is 3.94. The molecule has 2 aromatic carbocycles. The highest BCUT2D eigenvalue weighted by Crippen LogP contribution is 2.57. The van der Waals surface area contributed by atoms with Gasteiger partial charge in [-0.05, 0) is 41.2 Å². The Morgan fingerprint density at radius 1 is 1.25 bits per heavy atom. The van der Waals surface area contributed by atoms with Gasteiger partial charge in [0.05, 0.1) is 5.02 Å². The van der Waals surface area contributed by atoms with Crippen LogP contribution in [-0.2, 0) is 15.0 Å². The van der Waals surface area contributed by atoms with Gasteiger partial charge in [0.15, 0.2) is 0 Å². The molecule has 9 heteroatoms. The Kier molecular flexibility index (Phi) is 5.74. The van der Waals surface area contributed by atoms with Gasteiger partial charge in [0.25, 0.3) is 0 Å². The molecular weight excluding hydrogens is 458 g/mol. The number of anilines is 1. The van der Waals surface area contributed by atoms with Crippen LogP contribution in [0.2, 0.25) is 10.0 Å². The van der Waals surface area contributed by atoms with E-state index >= 15 is 4.39 Å². The smallest absolute Gasteiger partial charge is 0.321 e. The highest BCUT2D eigenvalue weighted by Gasteiger charge is 2.66. The monoisotopic (exact) mass is 480 g/mol. The van der Waals surface area contributed by atoms with Crippen LogP contribution in [0.25, 0.3) is 0 Å². The van der Waals surface area contributed by atoms with Crippen LogP contribution in [0, 0.1) is 11.2 Å². The van der Waals surface area contributed by atoms with Crippen LogP contribution < -0.4 is 10.6 Å². The van der Waals surface area contributed by atoms with E-state index in [1.54, 1.807) is 18.2 Å². The van der Waals surface area contributed by atoms with Crippen molar-refractivity contribution in [2.75, 3.05) is 11.9 Å². The van der Waals surface area contributed by atoms with Gasteiger partial charge in [0, 0.05) is 29.3 Å². The second-order valence-electron chi connectivity index (χ2n) is 9.20. The van der Waals surface area contributed by atoms with Crippen molar-refractivity contribution >= 4 is 40.8 Å². The Labute approximate surface area is 194 Å². The molecule has 0 radical (unpaired) electrons. The van der Waals surface area contributed by atoms with Crippen molar-refractivity contribution in [2.45, 2.75) is 43.7 Å². The second kappa shape index (κ2) is 7.99. The molecule has 4 rings (SSSR count). The molecule has 1 fully saturated rings. The lowest BCUT2D eigenvalue weighted by Crippen LogP contribution is -2.50. The number of hydrogen-bond acceptors (Lipinski definition) is 4. The number of rotatable bonds is 5. The number of carbonyl (C=O) groups excluding carboxylic acids is 1. The van der Waals surface area contributed by atoms with Gasteiger partial charge in [0.2, 0.25) is 5.91 Å². The first kappa shape index (κ1) is 23.0. The molecule has 0 aliphatic carbocycles. The van der Waals surface area contributed by atoms with Crippen molar-refractivity contribution in [1.82, 2.24) is 5.32 Å². The third-order valence-electron chi connectivity index (χ3n) is 6.57. The van der Waals surface area contributed by atoms with Gasteiger partial charge < -0.3 is 15.5 Å². The first-order valence-electron chi connectivity index (χ1n) is 10.2. The molecule has 4 N–H and O–H groups in total. The first-order valence-corrected chi connectivity index (χ1v) is 10.9. The topological polar surface area (TPSA) is 98.7 Å². The zero-order chi connectivity index (χ0) is 23.4. The van der Waals surface area contributed by atoms with Gasteiger partial charge in [-0.25, -0.2) is 4.39 Å². The van der Waals surface area contributed by atoms with Gasteiger partial charge in [-0.1, -0.05) is 55.2 Å². The van der Waals surface area contributed by atoms with E-state index in [4.69, 9.17) is 23.2 Å². The fourth-order valence-electron chi connectivity index (χ4n) is 5.14. The number of amides is 1. The van der Waals surface area contributed by atoms with Gasteiger partial charge in [-0.2, -0.15) is 0 Å². The van der Waals surface area contributed by atoms with E-state index in [9.17, 15) is 19.8 Å². The number of benzene rings is 2. The molecule has 2 aliphatic heterocycles. The Bertz CT molecular complexity index is 1110. The fourth-order valence-corrected chi connectivity index (χ4v) is 5.50. The number of carbonyl (C=O) groups is 2. The molecule has 32 heavy (non-hydrogen) atoms. The number of halogens is 3. The molecular formula is C23H23Cl2FN2O4. The largest absolute Gasteiger partial charge is 0.480 e. The van der Waals surface area contributed by atoms with Gasteiger partial charge in [-0.15, -0.1) is 0 Å². The highest BCUT2D eigenvalue weighted by molar-refractivity contribution is 6.31. The van der Waals surface area contributed by atoms with Gasteiger partial charge in [0.1, 0.15) is 17.3 Å². The number of aliphatic hydroxyl groups excluding tert-OH is 1. The van der Waals surface area contributed by atoms with Gasteiger partial charge in [-0.3, -0.25) is 14.9 Å². The average Bonchev–Trinajstić information content (AvgIpc) is 3.20. The SMILES string of the molecule is CC(C)(CO)C[C@@H]1N[C@@H](C(=O)O)[C@H](c2cccc(Cl)c2F)[C@]12C(=O)Nc1cc(Cl)ccc12. The Balaban J connectivity index is 2.03. The summed E-state index contributed by atoms with van der Waals surface area (Å²) in [6.07, 6.45) is 0.265. The summed E-state index contributed by atoms with van der Waals surface area (Å²) < 4.78 is 15.3. The summed E-state index contributed by atoms with van der Waals surface area (Å²) in [7, 11) is 0. The number of nitrogens with one attached hydrogen (secondary N) is 2. The third-order valence-corrected chi connectivity index (χ3v) is 7.10. The molecule has 1 saturated heterocycles. The van der Waals surface area contributed by atoms with Gasteiger partial charge >= 0.3 is 5.97 Å². The maximum atomic E-state index is 15.3. The maximum Gasteiger partial charge on any atom is 0.321 e. The zero-order valence-corrected chi connectivity index (χ0v) is 19.0. The van der Waals surface area contributed by atoms with Crippen LogP contribution in [0.3, 0.4) is 0 Å². The number of fused-ring (bicyclic) bond motifs is 2. The zero-order valence-electron chi connectivity index (χ0n) is 17.5. The van der Waals surface area contributed by atoms with E-state index < -0.39 is 46.5 Å². The minimum absolute atomic E-state index is 0.0413. The van der Waals surface area contributed by atoms with Crippen molar-refractivity contribution in [3.05, 3.63) is 63.4 Å². The number of carboxylic acids is 1. The lowest BCUT2D eigenvalue weighted by molar-refractivity contribution is -0.139. The van der Waals surface area contributed by atoms with Crippen molar-refractivity contribution in [2.24, 2.45) is 5.41 Å². The summed E-state index contributed by atoms with van der Waals surface area (Å²) in [5.41, 5.74) is -1.06. The molecule has 2 heterocycles. The van der Waals surface area contributed by atoms with Crippen LogP contribution in [0.5, 0.6) is 0 Å². The molecule has 4 atom stereocenters. The summed E-state index contributed by atoms with van der Waals surface area (Å²) in [6, 6.07) is 7.29. The van der Waals surface area contributed by atoms with E-state index in [2.05, 4.69) is 10.6 Å². The molecule has 0 bridgehead atoms. The van der Waals surface area contributed by atoms with E-state index in [0.717, 1.165) is 0 Å². The van der Waals surface area contributed by atoms with E-state index in [-0.39, 0.29) is 23.6 Å². The van der Waals surface area contributed by atoms with Crippen molar-refractivity contribution in [1.29, 1.82) is 0 Å². The molecule has 1 spiro atoms. The first-order chi connectivity index (χ1) is 15.0. The highest BCUT2D eigenvalue weighted by atomic mass is 35.5. The van der Waals surface area contributed by atoms with E-state index in [1.165, 1.54) is 18.2 Å². The summed E-state index contributed by atoms with van der Waals surface area (Å²) in [6.45, 7) is 3.46. The summed E-state index contributed by atoms with van der Waals surface area (Å²) >= 11 is 12.2. The molecule has 0 saturated carbocycles. The van der Waals surface area contributed by atoms with E-state index in [1.807, 2.05) is 13.8 Å². The molecule has 170 valence electrons. The Morgan fingerprint density at radius 3 is 2.62 bits per heavy atom. The number of carboxylic acid groups (broad SMARTS) is 1. The Morgan fingerprint density at radius 2 is 1.97 bits per heavy atom. The third kappa shape index (κ3) is 3.39. The molecule has 0 unspecified atom stereocenters. The lowest BCUT2D eigenvalue weighted by Gasteiger charge is -2.38. The number of aliphatic carboxylic acids is 1. The number of hydrogen-bond donors (Lipinski definition) is 4. The van der Waals surface area contributed by atoms with Crippen LogP contribution in [0.4, 0.5) is 10.1 Å². The van der Waals surface area contributed by atoms with Crippen molar-refractivity contribution in [3.8, 4) is 0 Å². The second-order valence-corrected chi connectivity index (χ2v) is 10.0. The molecule has 0 aromatic heterocycles.